The molecule has 0 aromatic heterocycles. The Morgan fingerprint density at radius 3 is 2.21 bits per heavy atom. The number of ether oxygens (including phenoxy) is 3. The number of benzene rings is 2. The van der Waals surface area contributed by atoms with Crippen molar-refractivity contribution in [2.24, 2.45) is 0 Å². The molecule has 2 aromatic carbocycles. The second kappa shape index (κ2) is 10.3. The van der Waals surface area contributed by atoms with Crippen LogP contribution < -0.4 is 14.8 Å². The van der Waals surface area contributed by atoms with E-state index >= 15 is 0 Å². The van der Waals surface area contributed by atoms with Gasteiger partial charge in [-0.05, 0) is 56.7 Å². The Hall–Kier alpha value is -3.28. The Bertz CT molecular complexity index is 823. The summed E-state index contributed by atoms with van der Waals surface area (Å²) in [5.74, 6) is 0.181. The van der Waals surface area contributed by atoms with E-state index in [4.69, 9.17) is 14.2 Å². The monoisotopic (exact) mass is 397 g/mol. The molecule has 1 atom stereocenters. The van der Waals surface area contributed by atoms with Gasteiger partial charge in [0.1, 0.15) is 18.1 Å². The number of methoxy groups -OCH3 is 1. The molecule has 0 aliphatic carbocycles. The topological polar surface area (TPSA) is 73.9 Å². The first-order chi connectivity index (χ1) is 13.8. The summed E-state index contributed by atoms with van der Waals surface area (Å²) in [5.41, 5.74) is 0.386. The number of esters is 1. The van der Waals surface area contributed by atoms with Crippen LogP contribution in [0.15, 0.2) is 60.7 Å². The van der Waals surface area contributed by atoms with E-state index in [2.05, 4.69) is 5.32 Å². The van der Waals surface area contributed by atoms with E-state index in [0.29, 0.717) is 11.5 Å². The van der Waals surface area contributed by atoms with Crippen molar-refractivity contribution in [1.29, 1.82) is 0 Å². The van der Waals surface area contributed by atoms with Crippen LogP contribution in [0.4, 0.5) is 0 Å². The van der Waals surface area contributed by atoms with Gasteiger partial charge in [-0.15, -0.1) is 0 Å². The molecule has 0 spiro atoms. The molecule has 29 heavy (non-hydrogen) atoms. The molecule has 6 heteroatoms. The predicted octanol–water partition coefficient (Wildman–Crippen LogP) is 3.61. The van der Waals surface area contributed by atoms with Crippen molar-refractivity contribution in [3.63, 3.8) is 0 Å². The van der Waals surface area contributed by atoms with Crippen LogP contribution in [0.3, 0.4) is 0 Å². The molecule has 2 rings (SSSR count). The van der Waals surface area contributed by atoms with Crippen LogP contribution in [0.5, 0.6) is 11.5 Å². The summed E-state index contributed by atoms with van der Waals surface area (Å²) in [4.78, 5) is 24.8. The molecule has 0 bridgehead atoms. The molecule has 1 unspecified atom stereocenters. The normalized spacial score (nSPS) is 12.3. The molecular formula is C23H27NO5. The highest BCUT2D eigenvalue weighted by molar-refractivity contribution is 5.90. The zero-order valence-electron chi connectivity index (χ0n) is 17.2. The first-order valence-electron chi connectivity index (χ1n) is 9.29. The van der Waals surface area contributed by atoms with Gasteiger partial charge in [0.2, 0.25) is 6.10 Å². The second-order valence-corrected chi connectivity index (χ2v) is 7.40. The van der Waals surface area contributed by atoms with Gasteiger partial charge in [0, 0.05) is 11.6 Å². The Labute approximate surface area is 171 Å². The molecule has 2 aromatic rings. The highest BCUT2D eigenvalue weighted by Gasteiger charge is 2.26. The fourth-order valence-corrected chi connectivity index (χ4v) is 2.37. The fraction of sp³-hybridized carbons (Fsp3) is 0.304. The van der Waals surface area contributed by atoms with Gasteiger partial charge in [-0.2, -0.15) is 0 Å². The first-order valence-corrected chi connectivity index (χ1v) is 9.29. The quantitative estimate of drug-likeness (QED) is 0.544. The van der Waals surface area contributed by atoms with E-state index in [9.17, 15) is 9.59 Å². The van der Waals surface area contributed by atoms with Gasteiger partial charge in [-0.3, -0.25) is 4.79 Å². The van der Waals surface area contributed by atoms with E-state index in [1.165, 1.54) is 6.08 Å². The average molecular weight is 397 g/mol. The largest absolute Gasteiger partial charge is 0.497 e. The predicted molar refractivity (Wildman–Crippen MR) is 112 cm³/mol. The lowest BCUT2D eigenvalue weighted by Crippen LogP contribution is -2.49. The second-order valence-electron chi connectivity index (χ2n) is 7.40. The van der Waals surface area contributed by atoms with Gasteiger partial charge in [0.15, 0.2) is 0 Å². The lowest BCUT2D eigenvalue weighted by atomic mass is 10.1. The molecule has 0 aliphatic rings. The van der Waals surface area contributed by atoms with Crippen molar-refractivity contribution in [2.75, 3.05) is 13.7 Å². The zero-order chi connectivity index (χ0) is 21.3. The van der Waals surface area contributed by atoms with E-state index < -0.39 is 23.5 Å². The summed E-state index contributed by atoms with van der Waals surface area (Å²) in [6.07, 6.45) is 1.83. The third-order valence-electron chi connectivity index (χ3n) is 3.72. The number of amides is 1. The summed E-state index contributed by atoms with van der Waals surface area (Å²) >= 11 is 0. The van der Waals surface area contributed by atoms with Crippen LogP contribution in [0.2, 0.25) is 0 Å². The average Bonchev–Trinajstić information content (AvgIpc) is 2.69. The summed E-state index contributed by atoms with van der Waals surface area (Å²) in [7, 11) is 1.57. The number of rotatable bonds is 8. The zero-order valence-corrected chi connectivity index (χ0v) is 17.2. The summed E-state index contributed by atoms with van der Waals surface area (Å²) in [6.45, 7) is 5.44. The lowest BCUT2D eigenvalue weighted by molar-refractivity contribution is -0.153. The van der Waals surface area contributed by atoms with Crippen molar-refractivity contribution in [3.8, 4) is 11.5 Å². The van der Waals surface area contributed by atoms with Gasteiger partial charge in [0.25, 0.3) is 5.91 Å². The number of carbonyl (C=O) groups is 2. The molecular weight excluding hydrogens is 370 g/mol. The first kappa shape index (κ1) is 22.0. The van der Waals surface area contributed by atoms with Crippen molar-refractivity contribution in [3.05, 3.63) is 66.2 Å². The van der Waals surface area contributed by atoms with E-state index in [1.807, 2.05) is 51.1 Å². The van der Waals surface area contributed by atoms with Crippen molar-refractivity contribution < 1.29 is 23.8 Å². The van der Waals surface area contributed by atoms with E-state index in [1.54, 1.807) is 37.5 Å². The molecule has 6 nitrogen and oxygen atoms in total. The number of hydrogen-bond donors (Lipinski definition) is 1. The standard InChI is InChI=1S/C23H27NO5/c1-23(2,3)24-22(26)20(16-28-19-13-11-18(27-4)12-14-19)29-21(25)15-10-17-8-6-5-7-9-17/h5-15,20H,16H2,1-4H3,(H,24,26)/b15-10+. The van der Waals surface area contributed by atoms with Crippen molar-refractivity contribution in [1.82, 2.24) is 5.32 Å². The number of nitrogens with one attached hydrogen (secondary N) is 1. The Morgan fingerprint density at radius 1 is 1.00 bits per heavy atom. The highest BCUT2D eigenvalue weighted by atomic mass is 16.6. The molecule has 0 heterocycles. The van der Waals surface area contributed by atoms with Crippen LogP contribution in [-0.2, 0) is 14.3 Å². The van der Waals surface area contributed by atoms with Crippen LogP contribution in [0.1, 0.15) is 26.3 Å². The minimum Gasteiger partial charge on any atom is -0.497 e. The molecule has 0 saturated carbocycles. The maximum Gasteiger partial charge on any atom is 0.331 e. The molecule has 154 valence electrons. The van der Waals surface area contributed by atoms with Gasteiger partial charge in [-0.25, -0.2) is 4.79 Å². The van der Waals surface area contributed by atoms with Gasteiger partial charge in [-0.1, -0.05) is 30.3 Å². The van der Waals surface area contributed by atoms with E-state index in [0.717, 1.165) is 5.56 Å². The van der Waals surface area contributed by atoms with Crippen LogP contribution in [0, 0.1) is 0 Å². The Kier molecular flexibility index (Phi) is 7.83. The smallest absolute Gasteiger partial charge is 0.331 e. The fourth-order valence-electron chi connectivity index (χ4n) is 2.37. The third kappa shape index (κ3) is 8.09. The SMILES string of the molecule is COc1ccc(OCC(OC(=O)/C=C/c2ccccc2)C(=O)NC(C)(C)C)cc1. The summed E-state index contributed by atoms with van der Waals surface area (Å²) in [5, 5.41) is 2.81. The molecule has 0 fully saturated rings. The maximum atomic E-state index is 12.6. The van der Waals surface area contributed by atoms with Gasteiger partial charge < -0.3 is 19.5 Å². The summed E-state index contributed by atoms with van der Waals surface area (Å²) < 4.78 is 16.1. The molecule has 1 amide bonds. The van der Waals surface area contributed by atoms with Crippen LogP contribution >= 0.6 is 0 Å². The lowest BCUT2D eigenvalue weighted by Gasteiger charge is -2.24. The Balaban J connectivity index is 2.04. The van der Waals surface area contributed by atoms with Crippen LogP contribution in [-0.4, -0.2) is 37.2 Å². The number of hydrogen-bond acceptors (Lipinski definition) is 5. The van der Waals surface area contributed by atoms with Gasteiger partial charge >= 0.3 is 5.97 Å². The highest BCUT2D eigenvalue weighted by Crippen LogP contribution is 2.17. The third-order valence-corrected chi connectivity index (χ3v) is 3.72. The molecule has 0 aliphatic heterocycles. The molecule has 0 radical (unpaired) electrons. The number of carbonyl (C=O) groups excluding carboxylic acids is 2. The Morgan fingerprint density at radius 2 is 1.62 bits per heavy atom. The van der Waals surface area contributed by atoms with Crippen molar-refractivity contribution in [2.45, 2.75) is 32.4 Å². The minimum atomic E-state index is -1.09. The van der Waals surface area contributed by atoms with Gasteiger partial charge in [0.05, 0.1) is 7.11 Å². The van der Waals surface area contributed by atoms with E-state index in [-0.39, 0.29) is 6.61 Å². The summed E-state index contributed by atoms with van der Waals surface area (Å²) in [6, 6.07) is 16.3. The maximum absolute atomic E-state index is 12.6. The molecule has 1 N–H and O–H groups in total. The molecule has 0 saturated heterocycles. The minimum absolute atomic E-state index is 0.112. The van der Waals surface area contributed by atoms with Crippen LogP contribution in [0.25, 0.3) is 6.08 Å². The van der Waals surface area contributed by atoms with Crippen molar-refractivity contribution >= 4 is 18.0 Å².